The monoisotopic (exact) mass is 933 g/mol. The Balaban J connectivity index is 1.11. The highest BCUT2D eigenvalue weighted by Crippen LogP contribution is 2.44. The molecule has 0 unspecified atom stereocenters. The van der Waals surface area contributed by atoms with Crippen LogP contribution in [-0.4, -0.2) is 16.2 Å². The molecule has 0 aliphatic carbocycles. The summed E-state index contributed by atoms with van der Waals surface area (Å²) >= 11 is 0. The van der Waals surface area contributed by atoms with Crippen molar-refractivity contribution in [3.05, 3.63) is 210 Å². The van der Waals surface area contributed by atoms with Gasteiger partial charge in [-0.3, -0.25) is 4.57 Å². The summed E-state index contributed by atoms with van der Waals surface area (Å²) in [5.41, 5.74) is 16.2. The van der Waals surface area contributed by atoms with Gasteiger partial charge in [-0.1, -0.05) is 198 Å². The van der Waals surface area contributed by atoms with E-state index in [1.54, 1.807) is 0 Å². The van der Waals surface area contributed by atoms with E-state index in [2.05, 4.69) is 280 Å². The molecule has 1 aliphatic heterocycles. The quantitative estimate of drug-likeness (QED) is 0.152. The van der Waals surface area contributed by atoms with E-state index in [9.17, 15) is 0 Å². The van der Waals surface area contributed by atoms with E-state index in [1.807, 2.05) is 0 Å². The summed E-state index contributed by atoms with van der Waals surface area (Å²) < 4.78 is 9.47. The Morgan fingerprint density at radius 1 is 0.451 bits per heavy atom. The van der Waals surface area contributed by atoms with Crippen molar-refractivity contribution in [2.45, 2.75) is 105 Å². The molecule has 0 atom stereocenters. The summed E-state index contributed by atoms with van der Waals surface area (Å²) in [6.45, 7) is 28.0. The predicted octanol–water partition coefficient (Wildman–Crippen LogP) is 17.8. The number of anilines is 2. The van der Waals surface area contributed by atoms with E-state index in [-0.39, 0.29) is 21.7 Å². The number of nitrogens with zero attached hydrogens (tertiary/aromatic N) is 4. The molecule has 10 rings (SSSR count). The Morgan fingerprint density at radius 3 is 1.75 bits per heavy atom. The minimum Gasteiger partial charge on any atom is -0.457 e. The molecule has 9 aromatic rings. The van der Waals surface area contributed by atoms with Gasteiger partial charge in [-0.15, -0.1) is 0 Å². The first kappa shape index (κ1) is 47.3. The molecule has 0 saturated heterocycles. The smallest absolute Gasteiger partial charge is 0.137 e. The number of hydrogen-bond donors (Lipinski definition) is 0. The largest absolute Gasteiger partial charge is 0.457 e. The third-order valence-electron chi connectivity index (χ3n) is 14.1. The van der Waals surface area contributed by atoms with Gasteiger partial charge in [0.05, 0.1) is 23.4 Å². The second-order valence-electron chi connectivity index (χ2n) is 23.5. The fourth-order valence-corrected chi connectivity index (χ4v) is 9.99. The Labute approximate surface area is 422 Å². The average molecular weight is 933 g/mol. The lowest BCUT2D eigenvalue weighted by molar-refractivity contribution is 0.479. The summed E-state index contributed by atoms with van der Waals surface area (Å²) in [6, 6.07) is 61.7. The molecule has 0 N–H and O–H groups in total. The fraction of sp³-hybridized carbons (Fsp3) is 0.258. The lowest BCUT2D eigenvalue weighted by Gasteiger charge is -2.28. The van der Waals surface area contributed by atoms with Crippen LogP contribution >= 0.6 is 0 Å². The van der Waals surface area contributed by atoms with E-state index in [0.717, 1.165) is 61.8 Å². The van der Waals surface area contributed by atoms with E-state index >= 15 is 0 Å². The Morgan fingerprint density at radius 2 is 1.07 bits per heavy atom. The first-order valence-corrected chi connectivity index (χ1v) is 25.2. The van der Waals surface area contributed by atoms with Crippen molar-refractivity contribution in [1.29, 1.82) is 0 Å². The highest BCUT2D eigenvalue weighted by molar-refractivity contribution is 6.14. The summed E-state index contributed by atoms with van der Waals surface area (Å²) in [6.07, 6.45) is 4.39. The maximum atomic E-state index is 7.10. The van der Waals surface area contributed by atoms with Crippen LogP contribution in [0.1, 0.15) is 111 Å². The number of benzene rings is 7. The van der Waals surface area contributed by atoms with Crippen molar-refractivity contribution in [1.82, 2.24) is 9.55 Å². The molecule has 71 heavy (non-hydrogen) atoms. The highest BCUT2D eigenvalue weighted by atomic mass is 16.5. The molecule has 1 aliphatic rings. The van der Waals surface area contributed by atoms with Crippen LogP contribution in [0.3, 0.4) is 0 Å². The molecule has 0 bridgehead atoms. The minimum atomic E-state index is -0.171. The van der Waals surface area contributed by atoms with E-state index in [0.29, 0.717) is 6.67 Å². The van der Waals surface area contributed by atoms with Crippen molar-refractivity contribution in [3.63, 3.8) is 0 Å². The van der Waals surface area contributed by atoms with Crippen LogP contribution in [0, 0.1) is 0 Å². The van der Waals surface area contributed by atoms with Gasteiger partial charge in [0.15, 0.2) is 0 Å². The number of fused-ring (bicyclic) bond motifs is 3. The molecule has 0 fully saturated rings. The summed E-state index contributed by atoms with van der Waals surface area (Å²) in [4.78, 5) is 10.2. The van der Waals surface area contributed by atoms with Crippen molar-refractivity contribution in [2.75, 3.05) is 16.5 Å². The third-order valence-corrected chi connectivity index (χ3v) is 14.1. The fourth-order valence-electron chi connectivity index (χ4n) is 9.99. The SMILES string of the molecule is CC(C)(C)c1cccc(-c2cnc(-n3c4cc(Oc5cc(N6C=C(c7ccccc7)N(c7cccc(C(C)(C)C)c7)C6)cc(C(C)(C)C)c5)ccc4c4cccc(-c5ccccc5)c43)cc2C(C)(C)C)c1. The molecule has 0 spiro atoms. The van der Waals surface area contributed by atoms with Gasteiger partial charge in [0, 0.05) is 57.8 Å². The molecule has 0 saturated carbocycles. The molecule has 5 heteroatoms. The predicted molar refractivity (Wildman–Crippen MR) is 301 cm³/mol. The first-order valence-electron chi connectivity index (χ1n) is 25.2. The molecule has 7 aromatic carbocycles. The minimum absolute atomic E-state index is 0.0228. The van der Waals surface area contributed by atoms with Crippen molar-refractivity contribution in [3.8, 4) is 39.6 Å². The van der Waals surface area contributed by atoms with Gasteiger partial charge in [0.1, 0.15) is 17.3 Å². The Bertz CT molecular complexity index is 3460. The van der Waals surface area contributed by atoms with Crippen molar-refractivity contribution >= 4 is 38.9 Å². The normalized spacial score (nSPS) is 13.6. The zero-order chi connectivity index (χ0) is 50.0. The van der Waals surface area contributed by atoms with Crippen LogP contribution in [0.15, 0.2) is 182 Å². The summed E-state index contributed by atoms with van der Waals surface area (Å²) in [7, 11) is 0. The maximum Gasteiger partial charge on any atom is 0.137 e. The number of hydrogen-bond acceptors (Lipinski definition) is 4. The standard InChI is InChI=1S/C66H68N4O/c1-63(2,3)47-27-19-26-46(34-47)57-41-67-61(40-58(57)66(10,11)12)70-59-39-52(32-33-55(59)56-31-21-30-54(62(56)70)44-22-15-13-16-23-44)71-53-37-49(65(7,8)9)36-51(38-53)68-42-60(45-24-17-14-18-25-45)69(43-68)50-29-20-28-48(35-50)64(4,5)6/h13-42H,43H2,1-12H3. The van der Waals surface area contributed by atoms with Crippen molar-refractivity contribution in [2.24, 2.45) is 0 Å². The molecular formula is C66H68N4O. The van der Waals surface area contributed by atoms with E-state index in [4.69, 9.17) is 9.72 Å². The molecule has 0 amide bonds. The van der Waals surface area contributed by atoms with Crippen molar-refractivity contribution < 1.29 is 4.74 Å². The number of pyridine rings is 1. The Hall–Kier alpha value is -7.37. The van der Waals surface area contributed by atoms with Gasteiger partial charge >= 0.3 is 0 Å². The Kier molecular flexibility index (Phi) is 11.9. The van der Waals surface area contributed by atoms with Gasteiger partial charge in [-0.25, -0.2) is 4.98 Å². The topological polar surface area (TPSA) is 33.5 Å². The first-order chi connectivity index (χ1) is 33.7. The van der Waals surface area contributed by atoms with E-state index in [1.165, 1.54) is 44.5 Å². The van der Waals surface area contributed by atoms with Crippen LogP contribution in [-0.2, 0) is 21.7 Å². The average Bonchev–Trinajstić information content (AvgIpc) is 3.94. The molecule has 358 valence electrons. The summed E-state index contributed by atoms with van der Waals surface area (Å²) in [5, 5.41) is 2.31. The molecule has 2 aromatic heterocycles. The number of rotatable bonds is 8. The van der Waals surface area contributed by atoms with Crippen LogP contribution in [0.5, 0.6) is 11.5 Å². The molecule has 0 radical (unpaired) electrons. The van der Waals surface area contributed by atoms with Crippen LogP contribution in [0.2, 0.25) is 0 Å². The zero-order valence-corrected chi connectivity index (χ0v) is 43.7. The van der Waals surface area contributed by atoms with Gasteiger partial charge in [-0.2, -0.15) is 0 Å². The van der Waals surface area contributed by atoms with Gasteiger partial charge in [-0.05, 0) is 103 Å². The summed E-state index contributed by atoms with van der Waals surface area (Å²) in [5.74, 6) is 2.42. The highest BCUT2D eigenvalue weighted by Gasteiger charge is 2.29. The van der Waals surface area contributed by atoms with Gasteiger partial charge in [0.2, 0.25) is 0 Å². The third kappa shape index (κ3) is 9.38. The van der Waals surface area contributed by atoms with Gasteiger partial charge < -0.3 is 14.5 Å². The lowest BCUT2D eigenvalue weighted by atomic mass is 9.81. The maximum absolute atomic E-state index is 7.10. The van der Waals surface area contributed by atoms with Gasteiger partial charge in [0.25, 0.3) is 0 Å². The number of ether oxygens (including phenoxy) is 1. The molecule has 5 nitrogen and oxygen atoms in total. The zero-order valence-electron chi connectivity index (χ0n) is 43.7. The van der Waals surface area contributed by atoms with E-state index < -0.39 is 0 Å². The van der Waals surface area contributed by atoms with Crippen LogP contribution in [0.4, 0.5) is 11.4 Å². The lowest BCUT2D eigenvalue weighted by Crippen LogP contribution is -2.27. The second kappa shape index (κ2) is 17.8. The molecule has 3 heterocycles. The van der Waals surface area contributed by atoms with Crippen LogP contribution < -0.4 is 14.5 Å². The molecular weight excluding hydrogens is 865 g/mol. The second-order valence-corrected chi connectivity index (χ2v) is 23.5. The number of aromatic nitrogens is 2. The number of para-hydroxylation sites is 1. The van der Waals surface area contributed by atoms with Crippen LogP contribution in [0.25, 0.3) is 55.6 Å².